The van der Waals surface area contributed by atoms with Gasteiger partial charge in [0.05, 0.1) is 17.1 Å². The van der Waals surface area contributed by atoms with E-state index in [1.807, 2.05) is 43.3 Å². The summed E-state index contributed by atoms with van der Waals surface area (Å²) >= 11 is 8.12. The molecule has 0 saturated carbocycles. The zero-order valence-corrected chi connectivity index (χ0v) is 15.5. The Balaban J connectivity index is 1.64. The molecule has 0 fully saturated rings. The minimum atomic E-state index is -0.102. The number of rotatable bonds is 5. The van der Waals surface area contributed by atoms with Gasteiger partial charge in [0.1, 0.15) is 5.82 Å². The van der Waals surface area contributed by atoms with Crippen LogP contribution in [0.3, 0.4) is 0 Å². The molecule has 0 aliphatic rings. The predicted molar refractivity (Wildman–Crippen MR) is 99.6 cm³/mol. The standard InChI is InChI=1S/C15H15N5OS3/c1-10-8-12(19(2)17-10)16-13(21)9-23-14-18-20(15(22)24-14)11-6-4-3-5-7-11/h3-8H,9H2,1-2H3,(H,16,21). The van der Waals surface area contributed by atoms with Crippen LogP contribution < -0.4 is 5.32 Å². The average molecular weight is 378 g/mol. The summed E-state index contributed by atoms with van der Waals surface area (Å²) in [5.74, 6) is 0.845. The lowest BCUT2D eigenvalue weighted by Crippen LogP contribution is -2.16. The van der Waals surface area contributed by atoms with Crippen LogP contribution in [0.25, 0.3) is 5.69 Å². The monoisotopic (exact) mass is 377 g/mol. The average Bonchev–Trinajstić information content (AvgIpc) is 3.08. The van der Waals surface area contributed by atoms with Gasteiger partial charge in [-0.15, -0.1) is 5.10 Å². The van der Waals surface area contributed by atoms with Gasteiger partial charge in [-0.05, 0) is 31.3 Å². The normalized spacial score (nSPS) is 10.8. The van der Waals surface area contributed by atoms with Crippen LogP contribution in [-0.2, 0) is 11.8 Å². The quantitative estimate of drug-likeness (QED) is 0.545. The van der Waals surface area contributed by atoms with Crippen LogP contribution in [0.4, 0.5) is 5.82 Å². The summed E-state index contributed by atoms with van der Waals surface area (Å²) in [6.07, 6.45) is 0. The van der Waals surface area contributed by atoms with Crippen molar-refractivity contribution in [2.75, 3.05) is 11.1 Å². The van der Waals surface area contributed by atoms with Gasteiger partial charge in [0, 0.05) is 13.1 Å². The number of nitrogens with one attached hydrogen (secondary N) is 1. The Morgan fingerprint density at radius 3 is 2.75 bits per heavy atom. The van der Waals surface area contributed by atoms with E-state index in [9.17, 15) is 4.79 Å². The second kappa shape index (κ2) is 7.29. The Bertz CT molecular complexity index is 913. The summed E-state index contributed by atoms with van der Waals surface area (Å²) in [5, 5.41) is 11.5. The minimum Gasteiger partial charge on any atom is -0.310 e. The van der Waals surface area contributed by atoms with Crippen LogP contribution >= 0.6 is 35.3 Å². The first-order valence-corrected chi connectivity index (χ1v) is 9.33. The van der Waals surface area contributed by atoms with Gasteiger partial charge in [0.2, 0.25) is 5.91 Å². The number of carbonyl (C=O) groups is 1. The number of nitrogens with zero attached hydrogens (tertiary/aromatic N) is 4. The number of para-hydroxylation sites is 1. The van der Waals surface area contributed by atoms with Gasteiger partial charge in [-0.3, -0.25) is 9.48 Å². The molecule has 6 nitrogen and oxygen atoms in total. The van der Waals surface area contributed by atoms with Gasteiger partial charge in [-0.1, -0.05) is 41.3 Å². The number of hydrogen-bond acceptors (Lipinski definition) is 6. The van der Waals surface area contributed by atoms with E-state index in [-0.39, 0.29) is 11.7 Å². The zero-order chi connectivity index (χ0) is 17.1. The lowest BCUT2D eigenvalue weighted by Gasteiger charge is -2.03. The van der Waals surface area contributed by atoms with E-state index < -0.39 is 0 Å². The highest BCUT2D eigenvalue weighted by molar-refractivity contribution is 8.01. The number of thioether (sulfide) groups is 1. The molecule has 0 atom stereocenters. The smallest absolute Gasteiger partial charge is 0.235 e. The molecule has 0 saturated heterocycles. The van der Waals surface area contributed by atoms with Gasteiger partial charge in [0.25, 0.3) is 0 Å². The molecule has 0 bridgehead atoms. The van der Waals surface area contributed by atoms with Crippen LogP contribution in [0.2, 0.25) is 0 Å². The van der Waals surface area contributed by atoms with E-state index in [2.05, 4.69) is 15.5 Å². The summed E-state index contributed by atoms with van der Waals surface area (Å²) in [5.41, 5.74) is 1.78. The van der Waals surface area contributed by atoms with Gasteiger partial charge in [0.15, 0.2) is 8.29 Å². The third kappa shape index (κ3) is 3.92. The highest BCUT2D eigenvalue weighted by Crippen LogP contribution is 2.24. The molecule has 0 aliphatic carbocycles. The van der Waals surface area contributed by atoms with Crippen molar-refractivity contribution in [2.24, 2.45) is 7.05 Å². The van der Waals surface area contributed by atoms with E-state index in [0.717, 1.165) is 15.7 Å². The largest absolute Gasteiger partial charge is 0.310 e. The summed E-state index contributed by atoms with van der Waals surface area (Å²) in [7, 11) is 1.79. The SMILES string of the molecule is Cc1cc(NC(=O)CSc2nn(-c3ccccc3)c(=S)s2)n(C)n1. The van der Waals surface area contributed by atoms with Crippen molar-refractivity contribution in [3.05, 3.63) is 46.0 Å². The molecule has 124 valence electrons. The molecule has 9 heteroatoms. The Morgan fingerprint density at radius 1 is 1.33 bits per heavy atom. The number of anilines is 1. The van der Waals surface area contributed by atoms with Crippen LogP contribution in [0, 0.1) is 10.9 Å². The van der Waals surface area contributed by atoms with Crippen molar-refractivity contribution in [3.8, 4) is 5.69 Å². The van der Waals surface area contributed by atoms with E-state index >= 15 is 0 Å². The number of aryl methyl sites for hydroxylation is 2. The number of aromatic nitrogens is 4. The van der Waals surface area contributed by atoms with Crippen molar-refractivity contribution in [3.63, 3.8) is 0 Å². The van der Waals surface area contributed by atoms with Crippen LogP contribution in [0.1, 0.15) is 5.69 Å². The summed E-state index contributed by atoms with van der Waals surface area (Å²) in [4.78, 5) is 12.1. The molecule has 1 amide bonds. The van der Waals surface area contributed by atoms with Gasteiger partial charge >= 0.3 is 0 Å². The van der Waals surface area contributed by atoms with E-state index in [4.69, 9.17) is 12.2 Å². The van der Waals surface area contributed by atoms with Gasteiger partial charge in [-0.2, -0.15) is 5.10 Å². The summed E-state index contributed by atoms with van der Waals surface area (Å²) < 4.78 is 4.78. The third-order valence-electron chi connectivity index (χ3n) is 3.13. The molecule has 0 aliphatic heterocycles. The summed E-state index contributed by atoms with van der Waals surface area (Å²) in [6.45, 7) is 1.88. The molecular weight excluding hydrogens is 362 g/mol. The fourth-order valence-corrected chi connectivity index (χ4v) is 4.25. The maximum absolute atomic E-state index is 12.1. The fraction of sp³-hybridized carbons (Fsp3) is 0.200. The van der Waals surface area contributed by atoms with Crippen LogP contribution in [-0.4, -0.2) is 31.2 Å². The zero-order valence-electron chi connectivity index (χ0n) is 13.1. The molecule has 1 aromatic carbocycles. The van der Waals surface area contributed by atoms with Crippen LogP contribution in [0.5, 0.6) is 0 Å². The maximum Gasteiger partial charge on any atom is 0.235 e. The Labute approximate surface area is 152 Å². The Morgan fingerprint density at radius 2 is 2.08 bits per heavy atom. The highest BCUT2D eigenvalue weighted by Gasteiger charge is 2.11. The van der Waals surface area contributed by atoms with E-state index in [1.165, 1.54) is 23.1 Å². The molecule has 0 unspecified atom stereocenters. The second-order valence-corrected chi connectivity index (χ2v) is 7.86. The van der Waals surface area contributed by atoms with Crippen molar-refractivity contribution in [1.29, 1.82) is 0 Å². The van der Waals surface area contributed by atoms with E-state index in [0.29, 0.717) is 9.77 Å². The summed E-state index contributed by atoms with van der Waals surface area (Å²) in [6, 6.07) is 11.5. The molecule has 1 N–H and O–H groups in total. The first-order valence-electron chi connectivity index (χ1n) is 7.12. The molecule has 0 spiro atoms. The van der Waals surface area contributed by atoms with Crippen LogP contribution in [0.15, 0.2) is 40.7 Å². The Hall–Kier alpha value is -1.97. The van der Waals surface area contributed by atoms with Crippen molar-refractivity contribution < 1.29 is 4.79 Å². The van der Waals surface area contributed by atoms with E-state index in [1.54, 1.807) is 16.4 Å². The van der Waals surface area contributed by atoms with Gasteiger partial charge in [-0.25, -0.2) is 4.68 Å². The predicted octanol–water partition coefficient (Wildman–Crippen LogP) is 3.44. The fourth-order valence-electron chi connectivity index (χ4n) is 2.09. The lowest BCUT2D eigenvalue weighted by molar-refractivity contribution is -0.113. The maximum atomic E-state index is 12.1. The molecule has 24 heavy (non-hydrogen) atoms. The highest BCUT2D eigenvalue weighted by atomic mass is 32.2. The first kappa shape index (κ1) is 16.9. The number of benzene rings is 1. The topological polar surface area (TPSA) is 64.7 Å². The van der Waals surface area contributed by atoms with Gasteiger partial charge < -0.3 is 5.32 Å². The number of hydrogen-bond donors (Lipinski definition) is 1. The number of carbonyl (C=O) groups excluding carboxylic acids is 1. The Kier molecular flexibility index (Phi) is 5.12. The second-order valence-electron chi connectivity index (χ2n) is 5.01. The first-order chi connectivity index (χ1) is 11.5. The molecule has 2 heterocycles. The number of amides is 1. The van der Waals surface area contributed by atoms with Crippen molar-refractivity contribution in [1.82, 2.24) is 19.6 Å². The molecule has 2 aromatic heterocycles. The molecule has 3 aromatic rings. The third-order valence-corrected chi connectivity index (χ3v) is 5.49. The van der Waals surface area contributed by atoms with Crippen molar-refractivity contribution in [2.45, 2.75) is 11.3 Å². The van der Waals surface area contributed by atoms with Crippen molar-refractivity contribution >= 4 is 47.0 Å². The lowest BCUT2D eigenvalue weighted by atomic mass is 10.3. The molecule has 3 rings (SSSR count). The minimum absolute atomic E-state index is 0.102. The molecule has 0 radical (unpaired) electrons. The molecular formula is C15H15N5OS3.